The molecule has 10 aliphatic rings. The van der Waals surface area contributed by atoms with Gasteiger partial charge in [-0.2, -0.15) is 0 Å². The van der Waals surface area contributed by atoms with Gasteiger partial charge < -0.3 is 98.0 Å². The Morgan fingerprint density at radius 1 is 0.326 bits per heavy atom. The van der Waals surface area contributed by atoms with Crippen LogP contribution in [0.1, 0.15) is 112 Å². The Bertz CT molecular complexity index is 7070. The molecule has 0 aliphatic carbocycles. The predicted molar refractivity (Wildman–Crippen MR) is 463 cm³/mol. The number of rotatable bonds is 19. The van der Waals surface area contributed by atoms with Crippen LogP contribution in [0.15, 0.2) is 182 Å². The van der Waals surface area contributed by atoms with Crippen LogP contribution in [0.4, 0.5) is 28.8 Å². The molecule has 22 rings (SSSR count). The smallest absolute Gasteiger partial charge is 0.322 e. The van der Waals surface area contributed by atoms with Crippen LogP contribution in [0.2, 0.25) is 0 Å². The topological polar surface area (TPSA) is 562 Å². The Balaban J connectivity index is 0.000000116. The highest BCUT2D eigenvalue weighted by Gasteiger charge is 2.59. The summed E-state index contributed by atoms with van der Waals surface area (Å²) in [6.45, 7) is 3.46. The normalized spacial score (nSPS) is 22.7. The van der Waals surface area contributed by atoms with Crippen molar-refractivity contribution in [2.45, 2.75) is 73.3 Å². The van der Waals surface area contributed by atoms with Crippen LogP contribution < -0.4 is 87.5 Å². The monoisotopic (exact) mass is 1840 g/mol. The molecule has 686 valence electrons. The average molecular weight is 1840 g/mol. The summed E-state index contributed by atoms with van der Waals surface area (Å²) in [5.74, 6) is -2.13. The highest BCUT2D eigenvalue weighted by atomic mass is 16.5. The molecule has 0 spiro atoms. The van der Waals surface area contributed by atoms with Gasteiger partial charge in [0.2, 0.25) is 5.54 Å². The van der Waals surface area contributed by atoms with E-state index >= 15 is 0 Å². The molecule has 2 unspecified atom stereocenters. The van der Waals surface area contributed by atoms with Gasteiger partial charge in [-0.1, -0.05) is 42.5 Å². The number of fused-ring (bicyclic) bond motifs is 8. The van der Waals surface area contributed by atoms with E-state index in [1.165, 1.54) is 54.2 Å². The first-order valence-corrected chi connectivity index (χ1v) is 41.5. The van der Waals surface area contributed by atoms with E-state index in [4.69, 9.17) is 41.4 Å². The summed E-state index contributed by atoms with van der Waals surface area (Å²) in [5, 5.41) is 41.6. The van der Waals surface area contributed by atoms with Crippen LogP contribution in [0.3, 0.4) is 0 Å². The van der Waals surface area contributed by atoms with Gasteiger partial charge in [0, 0.05) is 76.9 Å². The lowest BCUT2D eigenvalue weighted by Gasteiger charge is -2.29. The van der Waals surface area contributed by atoms with Gasteiger partial charge in [0.1, 0.15) is 73.9 Å². The summed E-state index contributed by atoms with van der Waals surface area (Å²) in [7, 11) is 7.59. The van der Waals surface area contributed by atoms with Crippen LogP contribution in [-0.4, -0.2) is 187 Å². The highest BCUT2D eigenvalue weighted by molar-refractivity contribution is 6.14. The Labute approximate surface area is 759 Å². The number of pyridine rings is 1. The van der Waals surface area contributed by atoms with Crippen molar-refractivity contribution in [3.63, 3.8) is 0 Å². The fraction of sp³-hybridized carbons (Fsp3) is 0.228. The lowest BCUT2D eigenvalue weighted by atomic mass is 9.91. The lowest BCUT2D eigenvalue weighted by Crippen LogP contribution is -2.52. The van der Waals surface area contributed by atoms with Gasteiger partial charge in [-0.15, -0.1) is 0 Å². The molecule has 0 bridgehead atoms. The SMILES string of the molecule is COc1ccc2c(c1)C(=O)N(C[C@@]1(c3cc4cc(C5(C)NC(=O)NC5=O)ccc4o3)NC(=O)NC1=O)C2.COc1ccc2c(c1)C(=O)N(C[C@@]1(c3cc4ccc(C5(C)NC(=O)NC5=O)cc4o3)NC(=O)NC1=O)C2.COc1ccc2c(c1)C(=O)N(C[C@@]1(c3cc4ccc(OC)cc4o3)NC(=O)NC1=O)C2.COc1ccc2c(c1)C(=O)N(C[C@@]1(c3oc4cccnc4c3O)NC(=O)NC1=O)C2. The van der Waals surface area contributed by atoms with Gasteiger partial charge in [0.05, 0.1) is 61.7 Å². The molecule has 12 aromatic rings. The molecule has 7 aromatic carbocycles. The molecule has 6 atom stereocenters. The van der Waals surface area contributed by atoms with Crippen molar-refractivity contribution in [1.82, 2.24) is 88.4 Å². The molecule has 0 radical (unpaired) electrons. The first-order chi connectivity index (χ1) is 64.6. The highest BCUT2D eigenvalue weighted by Crippen LogP contribution is 2.45. The lowest BCUT2D eigenvalue weighted by molar-refractivity contribution is -0.126. The van der Waals surface area contributed by atoms with Crippen molar-refractivity contribution in [2.24, 2.45) is 0 Å². The fourth-order valence-electron chi connectivity index (χ4n) is 18.1. The van der Waals surface area contributed by atoms with Crippen LogP contribution in [-0.2, 0) is 88.2 Å². The third-order valence-corrected chi connectivity index (χ3v) is 25.3. The number of benzene rings is 7. The molecule has 22 amide bonds. The number of methoxy groups -OCH3 is 5. The predicted octanol–water partition coefficient (Wildman–Crippen LogP) is 5.75. The number of aromatic nitrogens is 1. The van der Waals surface area contributed by atoms with E-state index in [-0.39, 0.29) is 109 Å². The van der Waals surface area contributed by atoms with E-state index in [2.05, 4.69) is 68.8 Å². The molecular formula is C92H77N17O26. The van der Waals surface area contributed by atoms with E-state index in [0.29, 0.717) is 96.2 Å². The number of carbonyl (C=O) groups excluding carboxylic acids is 16. The van der Waals surface area contributed by atoms with E-state index in [1.54, 1.807) is 173 Å². The van der Waals surface area contributed by atoms with Crippen LogP contribution in [0.25, 0.3) is 44.0 Å². The van der Waals surface area contributed by atoms with Crippen molar-refractivity contribution in [1.29, 1.82) is 0 Å². The summed E-state index contributed by atoms with van der Waals surface area (Å²) in [4.78, 5) is 211. The number of furan rings is 4. The summed E-state index contributed by atoms with van der Waals surface area (Å²) in [5.41, 5.74) is -1.71. The van der Waals surface area contributed by atoms with Gasteiger partial charge in [-0.25, -0.2) is 33.8 Å². The standard InChI is InChI=1S/2C25H21N5O7.C22H19N3O6.C20H16N4O6/c1-24(20(32)26-22(34)28-24)14-4-6-17-13(7-14)8-18(37-17)25(21(33)27-23(35)29-25)11-30-10-12-3-5-15(36-2)9-16(12)19(30)31;1-24(20(32)26-22(34)28-24)14-5-3-12-7-18(37-17(12)8-14)25(21(33)27-23(35)29-25)11-30-10-13-4-6-15(36-2)9-16(13)19(30)31;1-29-14-6-4-13-10-25(19(26)16(13)8-14)11-22(20(27)23-21(28)24-22)18-7-12-3-5-15(30-2)9-17(12)31-18;1-29-11-5-4-10-8-24(17(26)12(10)7-11)9-20(18(27)22-19(28)23-20)16-15(25)14-13(30-16)3-2-6-21-14/h2*3-9H,10-11H2,1-2H3,(H2,26,28,32,34)(H2,27,29,33,35);3-9H,10-11H2,1-2H3,(H2,23,24,27,28);2-7,25H,8-9H2,1H3,(H2,22,23,27,28)/t2*24?,25-;22-;20-/m0000/s1. The minimum Gasteiger partial charge on any atom is -0.503 e. The maximum Gasteiger partial charge on any atom is 0.322 e. The van der Waals surface area contributed by atoms with Gasteiger partial charge in [-0.3, -0.25) is 79.8 Å². The molecule has 43 nitrogen and oxygen atoms in total. The van der Waals surface area contributed by atoms with E-state index < -0.39 is 105 Å². The van der Waals surface area contributed by atoms with Crippen molar-refractivity contribution >= 4 is 139 Å². The number of imide groups is 6. The molecule has 10 aliphatic heterocycles. The van der Waals surface area contributed by atoms with Crippen molar-refractivity contribution in [3.8, 4) is 34.5 Å². The number of amides is 22. The number of ether oxygens (including phenoxy) is 5. The minimum absolute atomic E-state index is 0.0860. The zero-order valence-corrected chi connectivity index (χ0v) is 72.1. The number of nitrogens with zero attached hydrogens (tertiary/aromatic N) is 5. The van der Waals surface area contributed by atoms with Crippen molar-refractivity contribution in [2.75, 3.05) is 61.7 Å². The van der Waals surface area contributed by atoms with Gasteiger partial charge in [0.15, 0.2) is 39.2 Å². The van der Waals surface area contributed by atoms with Gasteiger partial charge in [0.25, 0.3) is 59.1 Å². The second-order valence-electron chi connectivity index (χ2n) is 33.4. The Hall–Kier alpha value is -17.8. The molecule has 135 heavy (non-hydrogen) atoms. The number of urea groups is 6. The fourth-order valence-corrected chi connectivity index (χ4v) is 18.1. The van der Waals surface area contributed by atoms with Crippen LogP contribution in [0.5, 0.6) is 34.5 Å². The zero-order valence-electron chi connectivity index (χ0n) is 72.1. The van der Waals surface area contributed by atoms with E-state index in [9.17, 15) is 81.8 Å². The number of nitrogens with one attached hydrogen (secondary N) is 12. The first-order valence-electron chi connectivity index (χ1n) is 41.5. The molecule has 0 saturated carbocycles. The maximum atomic E-state index is 13.2. The zero-order chi connectivity index (χ0) is 95.0. The number of hydrogen-bond donors (Lipinski definition) is 13. The summed E-state index contributed by atoms with van der Waals surface area (Å²) < 4.78 is 49.8. The summed E-state index contributed by atoms with van der Waals surface area (Å²) in [6, 6.07) is 39.9. The van der Waals surface area contributed by atoms with Crippen LogP contribution >= 0.6 is 0 Å². The van der Waals surface area contributed by atoms with E-state index in [1.807, 2.05) is 6.07 Å². The Morgan fingerprint density at radius 2 is 0.644 bits per heavy atom. The molecule has 13 N–H and O–H groups in total. The van der Waals surface area contributed by atoms with Gasteiger partial charge in [-0.05, 0) is 156 Å². The van der Waals surface area contributed by atoms with Gasteiger partial charge >= 0.3 is 36.2 Å². The second-order valence-corrected chi connectivity index (χ2v) is 33.4. The van der Waals surface area contributed by atoms with Crippen molar-refractivity contribution in [3.05, 3.63) is 243 Å². The van der Waals surface area contributed by atoms with E-state index in [0.717, 1.165) is 27.6 Å². The average Bonchev–Trinajstić information content (AvgIpc) is 1.59. The second kappa shape index (κ2) is 32.1. The third-order valence-electron chi connectivity index (χ3n) is 25.3. The largest absolute Gasteiger partial charge is 0.503 e. The number of hydrogen-bond acceptors (Lipinski definition) is 27. The number of carbonyl (C=O) groups is 16. The minimum atomic E-state index is -1.80. The Morgan fingerprint density at radius 3 is 1.01 bits per heavy atom. The number of aromatic hydroxyl groups is 1. The first kappa shape index (κ1) is 86.5. The quantitative estimate of drug-likeness (QED) is 0.0429. The summed E-state index contributed by atoms with van der Waals surface area (Å²) >= 11 is 0. The molecule has 5 aromatic heterocycles. The van der Waals surface area contributed by atoms with Crippen molar-refractivity contribution < 1.29 is 123 Å². The maximum absolute atomic E-state index is 13.2. The third kappa shape index (κ3) is 14.4. The molecule has 15 heterocycles. The molecule has 6 saturated heterocycles. The van der Waals surface area contributed by atoms with Crippen LogP contribution in [0, 0.1) is 0 Å². The molecule has 6 fully saturated rings. The summed E-state index contributed by atoms with van der Waals surface area (Å²) in [6.07, 6.45) is 1.47. The molecule has 43 heteroatoms. The molecular weight excluding hydrogens is 1760 g/mol. The Kier molecular flexibility index (Phi) is 20.6.